The van der Waals surface area contributed by atoms with Crippen molar-refractivity contribution in [3.8, 4) is 6.07 Å². The highest BCUT2D eigenvalue weighted by Crippen LogP contribution is 2.27. The Hall–Kier alpha value is -2.56. The molecule has 8 heteroatoms. The summed E-state index contributed by atoms with van der Waals surface area (Å²) in [7, 11) is 1.72. The molecule has 1 aliphatic heterocycles. The van der Waals surface area contributed by atoms with E-state index in [1.807, 2.05) is 20.8 Å². The van der Waals surface area contributed by atoms with Gasteiger partial charge in [-0.05, 0) is 20.8 Å². The van der Waals surface area contributed by atoms with Gasteiger partial charge in [0.05, 0.1) is 18.3 Å². The average Bonchev–Trinajstić information content (AvgIpc) is 2.73. The van der Waals surface area contributed by atoms with Crippen LogP contribution in [0.5, 0.6) is 0 Å². The number of carbonyl (C=O) groups is 2. The summed E-state index contributed by atoms with van der Waals surface area (Å²) in [6, 6.07) is 1.81. The summed E-state index contributed by atoms with van der Waals surface area (Å²) < 4.78 is 6.96. The molecule has 0 aliphatic carbocycles. The van der Waals surface area contributed by atoms with Crippen molar-refractivity contribution in [3.05, 3.63) is 11.3 Å². The van der Waals surface area contributed by atoms with E-state index in [0.29, 0.717) is 25.3 Å². The smallest absolute Gasteiger partial charge is 0.410 e. The minimum absolute atomic E-state index is 0.226. The van der Waals surface area contributed by atoms with Gasteiger partial charge >= 0.3 is 6.09 Å². The molecule has 2 heterocycles. The molecule has 2 amide bonds. The normalized spacial score (nSPS) is 14.0. The molecule has 1 aromatic rings. The van der Waals surface area contributed by atoms with Gasteiger partial charge in [0.25, 0.3) is 0 Å². The summed E-state index contributed by atoms with van der Waals surface area (Å²) in [5.74, 6) is 0.126. The number of ether oxygens (including phenoxy) is 1. The van der Waals surface area contributed by atoms with Crippen molar-refractivity contribution in [3.63, 3.8) is 0 Å². The SMILES string of the molecule is Cn1nc2c(c1NC(=O)CC#N)CN(C(=O)OC(C)(C)C)CC2. The van der Waals surface area contributed by atoms with E-state index >= 15 is 0 Å². The number of nitrogens with one attached hydrogen (secondary N) is 1. The molecule has 23 heavy (non-hydrogen) atoms. The highest BCUT2D eigenvalue weighted by Gasteiger charge is 2.30. The predicted molar refractivity (Wildman–Crippen MR) is 82.4 cm³/mol. The van der Waals surface area contributed by atoms with Gasteiger partial charge in [-0.15, -0.1) is 0 Å². The molecule has 0 spiro atoms. The van der Waals surface area contributed by atoms with Crippen LogP contribution in [0.2, 0.25) is 0 Å². The first-order valence-electron chi connectivity index (χ1n) is 7.40. The number of nitriles is 1. The molecule has 1 aliphatic rings. The third-order valence-electron chi connectivity index (χ3n) is 3.35. The van der Waals surface area contributed by atoms with E-state index in [-0.39, 0.29) is 12.5 Å². The van der Waals surface area contributed by atoms with E-state index in [1.165, 1.54) is 0 Å². The van der Waals surface area contributed by atoms with Gasteiger partial charge in [-0.25, -0.2) is 4.79 Å². The second kappa shape index (κ2) is 6.28. The fourth-order valence-electron chi connectivity index (χ4n) is 2.39. The molecule has 0 saturated carbocycles. The Morgan fingerprint density at radius 3 is 2.74 bits per heavy atom. The maximum absolute atomic E-state index is 12.2. The quantitative estimate of drug-likeness (QED) is 0.891. The number of anilines is 1. The van der Waals surface area contributed by atoms with Crippen LogP contribution < -0.4 is 5.32 Å². The third-order valence-corrected chi connectivity index (χ3v) is 3.35. The summed E-state index contributed by atoms with van der Waals surface area (Å²) in [5.41, 5.74) is 1.08. The number of carbonyl (C=O) groups excluding carboxylic acids is 2. The maximum atomic E-state index is 12.2. The summed E-state index contributed by atoms with van der Waals surface area (Å²) in [6.07, 6.45) is -0.0203. The first kappa shape index (κ1) is 16.8. The molecular formula is C15H21N5O3. The zero-order chi connectivity index (χ0) is 17.2. The molecule has 2 rings (SSSR count). The monoisotopic (exact) mass is 319 g/mol. The lowest BCUT2D eigenvalue weighted by atomic mass is 10.1. The van der Waals surface area contributed by atoms with Crippen LogP contribution in [0, 0.1) is 11.3 Å². The van der Waals surface area contributed by atoms with Crippen molar-refractivity contribution in [2.24, 2.45) is 7.05 Å². The van der Waals surface area contributed by atoms with Gasteiger partial charge in [0.15, 0.2) is 0 Å². The molecule has 0 bridgehead atoms. The van der Waals surface area contributed by atoms with Gasteiger partial charge in [0.1, 0.15) is 17.8 Å². The fourth-order valence-corrected chi connectivity index (χ4v) is 2.39. The van der Waals surface area contributed by atoms with Gasteiger partial charge in [-0.2, -0.15) is 10.4 Å². The number of aryl methyl sites for hydroxylation is 1. The Morgan fingerprint density at radius 1 is 1.43 bits per heavy atom. The lowest BCUT2D eigenvalue weighted by molar-refractivity contribution is -0.115. The number of hydrogen-bond acceptors (Lipinski definition) is 5. The van der Waals surface area contributed by atoms with Crippen LogP contribution >= 0.6 is 0 Å². The summed E-state index contributed by atoms with van der Waals surface area (Å²) in [4.78, 5) is 25.5. The molecule has 124 valence electrons. The highest BCUT2D eigenvalue weighted by molar-refractivity contribution is 5.92. The molecule has 0 saturated heterocycles. The predicted octanol–water partition coefficient (Wildman–Crippen LogP) is 1.57. The minimum atomic E-state index is -0.559. The first-order chi connectivity index (χ1) is 10.7. The van der Waals surface area contributed by atoms with Crippen LogP contribution in [0.4, 0.5) is 10.6 Å². The minimum Gasteiger partial charge on any atom is -0.444 e. The van der Waals surface area contributed by atoms with E-state index in [4.69, 9.17) is 10.00 Å². The van der Waals surface area contributed by atoms with Crippen LogP contribution in [-0.4, -0.2) is 38.8 Å². The highest BCUT2D eigenvalue weighted by atomic mass is 16.6. The van der Waals surface area contributed by atoms with E-state index < -0.39 is 11.5 Å². The lowest BCUT2D eigenvalue weighted by Crippen LogP contribution is -2.40. The Balaban J connectivity index is 2.17. The Morgan fingerprint density at radius 2 is 2.13 bits per heavy atom. The van der Waals surface area contributed by atoms with E-state index in [0.717, 1.165) is 11.3 Å². The molecule has 1 aromatic heterocycles. The van der Waals surface area contributed by atoms with Crippen LogP contribution in [0.25, 0.3) is 0 Å². The molecule has 0 unspecified atom stereocenters. The van der Waals surface area contributed by atoms with Gasteiger partial charge in [-0.3, -0.25) is 9.48 Å². The van der Waals surface area contributed by atoms with E-state index in [2.05, 4.69) is 10.4 Å². The maximum Gasteiger partial charge on any atom is 0.410 e. The summed E-state index contributed by atoms with van der Waals surface area (Å²) >= 11 is 0. The summed E-state index contributed by atoms with van der Waals surface area (Å²) in [6.45, 7) is 6.29. The van der Waals surface area contributed by atoms with Crippen LogP contribution in [-0.2, 0) is 29.5 Å². The second-order valence-electron chi connectivity index (χ2n) is 6.43. The van der Waals surface area contributed by atoms with E-state index in [9.17, 15) is 9.59 Å². The van der Waals surface area contributed by atoms with Crippen molar-refractivity contribution in [2.45, 2.75) is 45.8 Å². The van der Waals surface area contributed by atoms with Gasteiger partial charge in [0, 0.05) is 25.6 Å². The molecule has 1 N–H and O–H groups in total. The molecule has 0 fully saturated rings. The van der Waals surface area contributed by atoms with Crippen molar-refractivity contribution < 1.29 is 14.3 Å². The van der Waals surface area contributed by atoms with Crippen LogP contribution in [0.1, 0.15) is 38.4 Å². The largest absolute Gasteiger partial charge is 0.444 e. The van der Waals surface area contributed by atoms with Crippen LogP contribution in [0.3, 0.4) is 0 Å². The Bertz CT molecular complexity index is 666. The topological polar surface area (TPSA) is 100 Å². The number of hydrogen-bond donors (Lipinski definition) is 1. The number of amides is 2. The third kappa shape index (κ3) is 4.00. The molecular weight excluding hydrogens is 298 g/mol. The van der Waals surface area contributed by atoms with Crippen molar-refractivity contribution in [1.82, 2.24) is 14.7 Å². The number of nitrogens with zero attached hydrogens (tertiary/aromatic N) is 4. The second-order valence-corrected chi connectivity index (χ2v) is 6.43. The van der Waals surface area contributed by atoms with Crippen molar-refractivity contribution in [2.75, 3.05) is 11.9 Å². The Kier molecular flexibility index (Phi) is 4.59. The molecule has 0 atom stereocenters. The molecule has 8 nitrogen and oxygen atoms in total. The average molecular weight is 319 g/mol. The van der Waals surface area contributed by atoms with Gasteiger partial charge in [0.2, 0.25) is 5.91 Å². The van der Waals surface area contributed by atoms with Gasteiger partial charge < -0.3 is 15.0 Å². The summed E-state index contributed by atoms with van der Waals surface area (Å²) in [5, 5.41) is 15.7. The fraction of sp³-hybridized carbons (Fsp3) is 0.600. The van der Waals surface area contributed by atoms with Crippen molar-refractivity contribution in [1.29, 1.82) is 5.26 Å². The number of aromatic nitrogens is 2. The van der Waals surface area contributed by atoms with Crippen molar-refractivity contribution >= 4 is 17.8 Å². The molecule has 0 aromatic carbocycles. The zero-order valence-corrected chi connectivity index (χ0v) is 13.8. The Labute approximate surface area is 135 Å². The molecule has 0 radical (unpaired) electrons. The first-order valence-corrected chi connectivity index (χ1v) is 7.40. The van der Waals surface area contributed by atoms with Gasteiger partial charge in [-0.1, -0.05) is 0 Å². The lowest BCUT2D eigenvalue weighted by Gasteiger charge is -2.29. The standard InChI is InChI=1S/C15H21N5O3/c1-15(2,3)23-14(22)20-8-6-11-10(9-20)13(19(4)18-11)17-12(21)5-7-16/h5-6,8-9H2,1-4H3,(H,17,21). The number of rotatable bonds is 2. The van der Waals surface area contributed by atoms with Crippen LogP contribution in [0.15, 0.2) is 0 Å². The zero-order valence-electron chi connectivity index (χ0n) is 13.8. The number of fused-ring (bicyclic) bond motifs is 1. The van der Waals surface area contributed by atoms with E-state index in [1.54, 1.807) is 22.7 Å².